The molecule has 1 saturated heterocycles. The average molecular weight is 353 g/mol. The van der Waals surface area contributed by atoms with Gasteiger partial charge in [0.15, 0.2) is 5.82 Å². The van der Waals surface area contributed by atoms with E-state index in [1.54, 1.807) is 29.8 Å². The molecule has 3 rings (SSSR count). The molecular formula is C16H18F3N5O. The van der Waals surface area contributed by atoms with E-state index in [0.29, 0.717) is 17.9 Å². The van der Waals surface area contributed by atoms with E-state index in [0.717, 1.165) is 25.0 Å². The molecule has 6 nitrogen and oxygen atoms in total. The second-order valence-electron chi connectivity index (χ2n) is 6.11. The highest BCUT2D eigenvalue weighted by molar-refractivity contribution is 5.90. The summed E-state index contributed by atoms with van der Waals surface area (Å²) < 4.78 is 40.4. The van der Waals surface area contributed by atoms with Crippen molar-refractivity contribution in [3.63, 3.8) is 0 Å². The lowest BCUT2D eigenvalue weighted by molar-refractivity contribution is -0.137. The number of aryl methyl sites for hydroxylation is 2. The first kappa shape index (κ1) is 17.2. The summed E-state index contributed by atoms with van der Waals surface area (Å²) in [7, 11) is 1.79. The Morgan fingerprint density at radius 2 is 2.12 bits per heavy atom. The fourth-order valence-electron chi connectivity index (χ4n) is 2.99. The number of carbonyl (C=O) groups is 1. The lowest BCUT2D eigenvalue weighted by atomic mass is 10.1. The number of anilines is 1. The zero-order valence-electron chi connectivity index (χ0n) is 13.8. The smallest absolute Gasteiger partial charge is 0.319 e. The molecule has 1 aliphatic rings. The first-order valence-corrected chi connectivity index (χ1v) is 7.86. The third kappa shape index (κ3) is 3.45. The predicted octanol–water partition coefficient (Wildman–Crippen LogP) is 3.51. The Balaban J connectivity index is 1.81. The fourth-order valence-corrected chi connectivity index (χ4v) is 2.99. The van der Waals surface area contributed by atoms with Gasteiger partial charge < -0.3 is 14.8 Å². The molecule has 134 valence electrons. The van der Waals surface area contributed by atoms with Crippen molar-refractivity contribution in [3.8, 4) is 0 Å². The first-order valence-electron chi connectivity index (χ1n) is 7.86. The Morgan fingerprint density at radius 1 is 1.36 bits per heavy atom. The van der Waals surface area contributed by atoms with Crippen LogP contribution < -0.4 is 5.32 Å². The Bertz CT molecular complexity index is 786. The summed E-state index contributed by atoms with van der Waals surface area (Å²) in [5.74, 6) is 0.661. The molecule has 1 N–H and O–H groups in total. The predicted molar refractivity (Wildman–Crippen MR) is 84.9 cm³/mol. The molecular weight excluding hydrogens is 335 g/mol. The average Bonchev–Trinajstić information content (AvgIpc) is 3.16. The fraction of sp³-hybridized carbons (Fsp3) is 0.438. The van der Waals surface area contributed by atoms with E-state index in [1.165, 1.54) is 6.07 Å². The van der Waals surface area contributed by atoms with Crippen LogP contribution in [-0.2, 0) is 13.2 Å². The molecule has 0 radical (unpaired) electrons. The Kier molecular flexibility index (Phi) is 4.40. The van der Waals surface area contributed by atoms with E-state index in [2.05, 4.69) is 15.5 Å². The van der Waals surface area contributed by atoms with Crippen LogP contribution in [0, 0.1) is 6.92 Å². The van der Waals surface area contributed by atoms with Gasteiger partial charge in [0.05, 0.1) is 11.6 Å². The van der Waals surface area contributed by atoms with Crippen LogP contribution in [0.15, 0.2) is 24.5 Å². The number of rotatable bonds is 2. The van der Waals surface area contributed by atoms with Gasteiger partial charge >= 0.3 is 12.2 Å². The molecule has 25 heavy (non-hydrogen) atoms. The highest BCUT2D eigenvalue weighted by Gasteiger charge is 2.34. The third-order valence-electron chi connectivity index (χ3n) is 4.36. The second-order valence-corrected chi connectivity index (χ2v) is 6.11. The normalized spacial score (nSPS) is 17.8. The van der Waals surface area contributed by atoms with Gasteiger partial charge in [-0.3, -0.25) is 0 Å². The molecule has 1 aromatic carbocycles. The first-order chi connectivity index (χ1) is 11.8. The van der Waals surface area contributed by atoms with Crippen LogP contribution in [0.3, 0.4) is 0 Å². The molecule has 2 heterocycles. The molecule has 0 aliphatic carbocycles. The number of alkyl halides is 3. The molecule has 2 aromatic rings. The van der Waals surface area contributed by atoms with Gasteiger partial charge in [-0.05, 0) is 37.5 Å². The summed E-state index contributed by atoms with van der Waals surface area (Å²) in [6, 6.07) is 2.64. The number of urea groups is 1. The molecule has 9 heteroatoms. The van der Waals surface area contributed by atoms with Crippen molar-refractivity contribution in [1.82, 2.24) is 19.7 Å². The van der Waals surface area contributed by atoms with Crippen molar-refractivity contribution in [1.29, 1.82) is 0 Å². The minimum Gasteiger partial charge on any atom is -0.319 e. The van der Waals surface area contributed by atoms with Crippen molar-refractivity contribution in [3.05, 3.63) is 41.5 Å². The second kappa shape index (κ2) is 6.38. The highest BCUT2D eigenvalue weighted by atomic mass is 19.4. The van der Waals surface area contributed by atoms with Crippen molar-refractivity contribution >= 4 is 11.7 Å². The number of hydrogen-bond donors (Lipinski definition) is 1. The van der Waals surface area contributed by atoms with E-state index in [1.807, 2.05) is 0 Å². The lowest BCUT2D eigenvalue weighted by Crippen LogP contribution is -2.35. The molecule has 0 bridgehead atoms. The monoisotopic (exact) mass is 353 g/mol. The van der Waals surface area contributed by atoms with Gasteiger partial charge in [0.2, 0.25) is 0 Å². The molecule has 1 atom stereocenters. The Hall–Kier alpha value is -2.58. The van der Waals surface area contributed by atoms with Gasteiger partial charge in [-0.15, -0.1) is 10.2 Å². The number of nitrogens with one attached hydrogen (secondary N) is 1. The molecule has 2 amide bonds. The van der Waals surface area contributed by atoms with E-state index in [9.17, 15) is 18.0 Å². The third-order valence-corrected chi connectivity index (χ3v) is 4.36. The Labute approximate surface area is 142 Å². The van der Waals surface area contributed by atoms with Crippen LogP contribution >= 0.6 is 0 Å². The number of hydrogen-bond acceptors (Lipinski definition) is 3. The zero-order valence-corrected chi connectivity index (χ0v) is 13.8. The van der Waals surface area contributed by atoms with Crippen LogP contribution in [0.4, 0.5) is 23.7 Å². The Morgan fingerprint density at radius 3 is 2.76 bits per heavy atom. The zero-order chi connectivity index (χ0) is 18.2. The van der Waals surface area contributed by atoms with Crippen LogP contribution in [0.25, 0.3) is 0 Å². The number of halogens is 3. The van der Waals surface area contributed by atoms with Gasteiger partial charge in [-0.25, -0.2) is 4.79 Å². The number of aromatic nitrogens is 3. The topological polar surface area (TPSA) is 63.1 Å². The maximum absolute atomic E-state index is 12.9. The minimum atomic E-state index is -4.46. The summed E-state index contributed by atoms with van der Waals surface area (Å²) in [4.78, 5) is 14.2. The summed E-state index contributed by atoms with van der Waals surface area (Å²) in [6.45, 7) is 2.17. The number of nitrogens with zero attached hydrogens (tertiary/aromatic N) is 4. The number of benzene rings is 1. The summed E-state index contributed by atoms with van der Waals surface area (Å²) in [5, 5.41) is 10.5. The van der Waals surface area contributed by atoms with Crippen LogP contribution in [-0.4, -0.2) is 32.2 Å². The van der Waals surface area contributed by atoms with Gasteiger partial charge in [0.25, 0.3) is 0 Å². The van der Waals surface area contributed by atoms with Crippen LogP contribution in [0.5, 0.6) is 0 Å². The van der Waals surface area contributed by atoms with E-state index in [-0.39, 0.29) is 11.7 Å². The molecule has 1 aromatic heterocycles. The van der Waals surface area contributed by atoms with E-state index < -0.39 is 17.8 Å². The van der Waals surface area contributed by atoms with Gasteiger partial charge in [0, 0.05) is 19.3 Å². The van der Waals surface area contributed by atoms with Crippen molar-refractivity contribution in [2.75, 3.05) is 11.9 Å². The van der Waals surface area contributed by atoms with Gasteiger partial charge in [-0.2, -0.15) is 13.2 Å². The van der Waals surface area contributed by atoms with Crippen molar-refractivity contribution < 1.29 is 18.0 Å². The number of likely N-dealkylation sites (tertiary alicyclic amines) is 1. The molecule has 0 saturated carbocycles. The standard InChI is InChI=1S/C16H18F3N5O/c1-10-5-6-11(16(17,18)19)8-12(10)21-15(25)24-7-3-4-13(24)14-22-20-9-23(14)2/h5-6,8-9,13H,3-4,7H2,1-2H3,(H,21,25)/t13-/m0/s1. The highest BCUT2D eigenvalue weighted by Crippen LogP contribution is 2.34. The molecule has 0 unspecified atom stereocenters. The minimum absolute atomic E-state index is 0.156. The summed E-state index contributed by atoms with van der Waals surface area (Å²) in [6.07, 6.45) is -1.36. The maximum atomic E-state index is 12.9. The van der Waals surface area contributed by atoms with Crippen LogP contribution in [0.1, 0.15) is 35.8 Å². The van der Waals surface area contributed by atoms with Crippen molar-refractivity contribution in [2.45, 2.75) is 32.0 Å². The molecule has 0 spiro atoms. The van der Waals surface area contributed by atoms with Gasteiger partial charge in [-0.1, -0.05) is 6.07 Å². The SMILES string of the molecule is Cc1ccc(C(F)(F)F)cc1NC(=O)N1CCC[C@H]1c1nncn1C. The number of amides is 2. The largest absolute Gasteiger partial charge is 0.416 e. The lowest BCUT2D eigenvalue weighted by Gasteiger charge is -2.24. The number of carbonyl (C=O) groups excluding carboxylic acids is 1. The quantitative estimate of drug-likeness (QED) is 0.899. The molecule has 1 fully saturated rings. The van der Waals surface area contributed by atoms with Gasteiger partial charge in [0.1, 0.15) is 6.33 Å². The summed E-state index contributed by atoms with van der Waals surface area (Å²) >= 11 is 0. The molecule has 1 aliphatic heterocycles. The maximum Gasteiger partial charge on any atom is 0.416 e. The summed E-state index contributed by atoms with van der Waals surface area (Å²) in [5.41, 5.74) is -0.0705. The van der Waals surface area contributed by atoms with E-state index in [4.69, 9.17) is 0 Å². The van der Waals surface area contributed by atoms with Crippen LogP contribution in [0.2, 0.25) is 0 Å². The van der Waals surface area contributed by atoms with Crippen molar-refractivity contribution in [2.24, 2.45) is 7.05 Å². The van der Waals surface area contributed by atoms with E-state index >= 15 is 0 Å².